The highest BCUT2D eigenvalue weighted by Gasteiger charge is 2.34. The summed E-state index contributed by atoms with van der Waals surface area (Å²) in [6.07, 6.45) is 1.48. The van der Waals surface area contributed by atoms with Crippen LogP contribution in [-0.2, 0) is 0 Å². The van der Waals surface area contributed by atoms with Gasteiger partial charge in [0, 0.05) is 0 Å². The number of rotatable bonds is 1. The highest BCUT2D eigenvalue weighted by Crippen LogP contribution is 2.43. The lowest BCUT2D eigenvalue weighted by Crippen LogP contribution is -1.89. The third-order valence-corrected chi connectivity index (χ3v) is 2.03. The Hall–Kier alpha value is -0.0400. The van der Waals surface area contributed by atoms with E-state index in [0.29, 0.717) is 0 Å². The normalized spacial score (nSPS) is 34.5. The standard InChI is InChI=1S/C7H14.H3N/c1-5(2)7-4-6(7)3;/h5-7H,4H2,1-3H3;1H3. The second kappa shape index (κ2) is 2.49. The van der Waals surface area contributed by atoms with Gasteiger partial charge in [-0.2, -0.15) is 0 Å². The van der Waals surface area contributed by atoms with Gasteiger partial charge in [0.15, 0.2) is 0 Å². The van der Waals surface area contributed by atoms with Crippen molar-refractivity contribution in [2.75, 3.05) is 0 Å². The molecule has 2 atom stereocenters. The molecule has 0 aromatic rings. The van der Waals surface area contributed by atoms with Crippen molar-refractivity contribution in [2.45, 2.75) is 27.2 Å². The van der Waals surface area contributed by atoms with Crippen molar-refractivity contribution in [1.29, 1.82) is 0 Å². The van der Waals surface area contributed by atoms with Crippen LogP contribution >= 0.6 is 0 Å². The van der Waals surface area contributed by atoms with E-state index in [1.165, 1.54) is 6.42 Å². The molecule has 1 aliphatic carbocycles. The van der Waals surface area contributed by atoms with Crippen molar-refractivity contribution >= 4 is 0 Å². The first-order valence-electron chi connectivity index (χ1n) is 3.22. The van der Waals surface area contributed by atoms with Crippen molar-refractivity contribution in [3.8, 4) is 0 Å². The van der Waals surface area contributed by atoms with Crippen LogP contribution in [0.15, 0.2) is 0 Å². The van der Waals surface area contributed by atoms with Gasteiger partial charge in [0.1, 0.15) is 0 Å². The Kier molecular flexibility index (Phi) is 2.48. The summed E-state index contributed by atoms with van der Waals surface area (Å²) in [5, 5.41) is 0. The molecular weight excluding hydrogens is 98.1 g/mol. The quantitative estimate of drug-likeness (QED) is 0.559. The predicted octanol–water partition coefficient (Wildman–Crippen LogP) is 2.46. The number of hydrogen-bond acceptors (Lipinski definition) is 1. The maximum absolute atomic E-state index is 2.34. The molecule has 1 aliphatic rings. The maximum Gasteiger partial charge on any atom is -0.0363 e. The van der Waals surface area contributed by atoms with E-state index in [4.69, 9.17) is 0 Å². The van der Waals surface area contributed by atoms with Crippen molar-refractivity contribution in [1.82, 2.24) is 6.15 Å². The van der Waals surface area contributed by atoms with Crippen LogP contribution in [0.3, 0.4) is 0 Å². The first kappa shape index (κ1) is 7.96. The summed E-state index contributed by atoms with van der Waals surface area (Å²) in [4.78, 5) is 0. The van der Waals surface area contributed by atoms with Crippen molar-refractivity contribution in [3.63, 3.8) is 0 Å². The highest BCUT2D eigenvalue weighted by molar-refractivity contribution is 4.84. The van der Waals surface area contributed by atoms with Crippen LogP contribution in [0.2, 0.25) is 0 Å². The second-order valence-electron chi connectivity index (χ2n) is 3.12. The Morgan fingerprint density at radius 1 is 1.38 bits per heavy atom. The van der Waals surface area contributed by atoms with Gasteiger partial charge in [-0.05, 0) is 24.2 Å². The van der Waals surface area contributed by atoms with Crippen LogP contribution in [0, 0.1) is 17.8 Å². The Morgan fingerprint density at radius 2 is 1.75 bits per heavy atom. The summed E-state index contributed by atoms with van der Waals surface area (Å²) in [7, 11) is 0. The van der Waals surface area contributed by atoms with E-state index < -0.39 is 0 Å². The van der Waals surface area contributed by atoms with Gasteiger partial charge in [-0.25, -0.2) is 0 Å². The van der Waals surface area contributed by atoms with Crippen LogP contribution in [0.4, 0.5) is 0 Å². The molecule has 1 rings (SSSR count). The van der Waals surface area contributed by atoms with E-state index in [0.717, 1.165) is 17.8 Å². The maximum atomic E-state index is 2.34. The SMILES string of the molecule is CC(C)C1CC1C.N. The zero-order chi connectivity index (χ0) is 5.44. The van der Waals surface area contributed by atoms with E-state index in [9.17, 15) is 0 Å². The predicted molar refractivity (Wildman–Crippen MR) is 37.1 cm³/mol. The number of hydrogen-bond donors (Lipinski definition) is 1. The van der Waals surface area contributed by atoms with E-state index in [1.54, 1.807) is 0 Å². The molecule has 2 unspecified atom stereocenters. The smallest absolute Gasteiger partial charge is 0.0363 e. The highest BCUT2D eigenvalue weighted by atomic mass is 14.4. The summed E-state index contributed by atoms with van der Waals surface area (Å²) >= 11 is 0. The van der Waals surface area contributed by atoms with Crippen LogP contribution in [0.1, 0.15) is 27.2 Å². The Labute approximate surface area is 52.1 Å². The molecule has 0 spiro atoms. The largest absolute Gasteiger partial charge is 0.344 e. The summed E-state index contributed by atoms with van der Waals surface area (Å²) in [5.41, 5.74) is 0. The van der Waals surface area contributed by atoms with Crippen LogP contribution in [-0.4, -0.2) is 0 Å². The van der Waals surface area contributed by atoms with Crippen molar-refractivity contribution in [3.05, 3.63) is 0 Å². The van der Waals surface area contributed by atoms with E-state index in [1.807, 2.05) is 0 Å². The lowest BCUT2D eigenvalue weighted by molar-refractivity contribution is 0.530. The van der Waals surface area contributed by atoms with Crippen molar-refractivity contribution < 1.29 is 0 Å². The lowest BCUT2D eigenvalue weighted by Gasteiger charge is -1.97. The fourth-order valence-electron chi connectivity index (χ4n) is 1.28. The molecule has 8 heavy (non-hydrogen) atoms. The molecule has 0 amide bonds. The Bertz CT molecular complexity index is 68.8. The minimum atomic E-state index is 0. The Balaban J connectivity index is 0.000000490. The molecule has 0 heterocycles. The van der Waals surface area contributed by atoms with Gasteiger partial charge in [0.05, 0.1) is 0 Å². The zero-order valence-electron chi connectivity index (χ0n) is 6.15. The monoisotopic (exact) mass is 115 g/mol. The zero-order valence-corrected chi connectivity index (χ0v) is 6.15. The molecule has 0 saturated heterocycles. The van der Waals surface area contributed by atoms with Gasteiger partial charge in [-0.15, -0.1) is 0 Å². The van der Waals surface area contributed by atoms with E-state index in [-0.39, 0.29) is 6.15 Å². The van der Waals surface area contributed by atoms with Gasteiger partial charge in [-0.3, -0.25) is 0 Å². The topological polar surface area (TPSA) is 35.0 Å². The van der Waals surface area contributed by atoms with Gasteiger partial charge >= 0.3 is 0 Å². The van der Waals surface area contributed by atoms with Crippen LogP contribution in [0.25, 0.3) is 0 Å². The minimum absolute atomic E-state index is 0. The summed E-state index contributed by atoms with van der Waals surface area (Å²) in [6.45, 7) is 6.97. The first-order chi connectivity index (χ1) is 3.22. The summed E-state index contributed by atoms with van der Waals surface area (Å²) < 4.78 is 0. The molecule has 1 heteroatoms. The van der Waals surface area contributed by atoms with Crippen molar-refractivity contribution in [2.24, 2.45) is 17.8 Å². The molecule has 0 aliphatic heterocycles. The average molecular weight is 115 g/mol. The average Bonchev–Trinajstić information content (AvgIpc) is 2.17. The van der Waals surface area contributed by atoms with E-state index in [2.05, 4.69) is 20.8 Å². The molecule has 1 fully saturated rings. The molecule has 0 aromatic carbocycles. The molecule has 50 valence electrons. The fourth-order valence-corrected chi connectivity index (χ4v) is 1.28. The lowest BCUT2D eigenvalue weighted by atomic mass is 10.1. The molecule has 1 nitrogen and oxygen atoms in total. The van der Waals surface area contributed by atoms with Gasteiger partial charge in [0.2, 0.25) is 0 Å². The minimum Gasteiger partial charge on any atom is -0.344 e. The van der Waals surface area contributed by atoms with Gasteiger partial charge < -0.3 is 6.15 Å². The molecule has 1 saturated carbocycles. The summed E-state index contributed by atoms with van der Waals surface area (Å²) in [6, 6.07) is 0. The van der Waals surface area contributed by atoms with Gasteiger partial charge in [-0.1, -0.05) is 20.8 Å². The third kappa shape index (κ3) is 1.48. The molecule has 0 bridgehead atoms. The molecular formula is C7H17N. The van der Waals surface area contributed by atoms with Gasteiger partial charge in [0.25, 0.3) is 0 Å². The fraction of sp³-hybridized carbons (Fsp3) is 1.00. The first-order valence-corrected chi connectivity index (χ1v) is 3.22. The third-order valence-electron chi connectivity index (χ3n) is 2.03. The molecule has 0 radical (unpaired) electrons. The Morgan fingerprint density at radius 3 is 1.75 bits per heavy atom. The second-order valence-corrected chi connectivity index (χ2v) is 3.12. The molecule has 0 aromatic heterocycles. The van der Waals surface area contributed by atoms with Crippen LogP contribution < -0.4 is 6.15 Å². The van der Waals surface area contributed by atoms with Crippen LogP contribution in [0.5, 0.6) is 0 Å². The summed E-state index contributed by atoms with van der Waals surface area (Å²) in [5.74, 6) is 3.05. The molecule has 3 N–H and O–H groups in total. The van der Waals surface area contributed by atoms with E-state index >= 15 is 0 Å².